The second-order valence-electron chi connectivity index (χ2n) is 5.35. The maximum atomic E-state index is 5.71. The molecule has 1 aromatic carbocycles. The van der Waals surface area contributed by atoms with Crippen LogP contribution in [0.5, 0.6) is 0 Å². The predicted octanol–water partition coefficient (Wildman–Crippen LogP) is 2.48. The van der Waals surface area contributed by atoms with Crippen molar-refractivity contribution < 1.29 is 4.74 Å². The minimum absolute atomic E-state index is 0.579. The normalized spacial score (nSPS) is 21.4. The molecule has 0 spiro atoms. The number of ether oxygens (including phenoxy) is 1. The highest BCUT2D eigenvalue weighted by atomic mass is 16.5. The molecule has 0 saturated carbocycles. The van der Waals surface area contributed by atoms with Gasteiger partial charge >= 0.3 is 0 Å². The van der Waals surface area contributed by atoms with Gasteiger partial charge in [0.05, 0.1) is 6.61 Å². The van der Waals surface area contributed by atoms with Gasteiger partial charge in [0.15, 0.2) is 0 Å². The average molecular weight is 248 g/mol. The van der Waals surface area contributed by atoms with Crippen LogP contribution in [0.1, 0.15) is 31.2 Å². The van der Waals surface area contributed by atoms with Crippen molar-refractivity contribution in [1.29, 1.82) is 0 Å². The number of benzene rings is 1. The van der Waals surface area contributed by atoms with Gasteiger partial charge in [0.2, 0.25) is 0 Å². The summed E-state index contributed by atoms with van der Waals surface area (Å²) in [7, 11) is 2.20. The Bertz CT molecular complexity index is 357. The van der Waals surface area contributed by atoms with E-state index in [0.717, 1.165) is 25.4 Å². The van der Waals surface area contributed by atoms with Gasteiger partial charge in [-0.1, -0.05) is 19.1 Å². The van der Waals surface area contributed by atoms with Gasteiger partial charge in [0.25, 0.3) is 0 Å². The molecule has 2 N–H and O–H groups in total. The monoisotopic (exact) mass is 248 g/mol. The van der Waals surface area contributed by atoms with E-state index in [1.54, 1.807) is 0 Å². The van der Waals surface area contributed by atoms with Gasteiger partial charge in [0, 0.05) is 18.3 Å². The summed E-state index contributed by atoms with van der Waals surface area (Å²) in [4.78, 5) is 2.43. The smallest absolute Gasteiger partial charge is 0.0622 e. The summed E-state index contributed by atoms with van der Waals surface area (Å²) < 4.78 is 5.43. The van der Waals surface area contributed by atoms with Crippen LogP contribution in [0.3, 0.4) is 0 Å². The molecule has 1 aliphatic heterocycles. The largest absolute Gasteiger partial charge is 0.399 e. The van der Waals surface area contributed by atoms with E-state index in [4.69, 9.17) is 10.5 Å². The molecular weight excluding hydrogens is 224 g/mol. The quantitative estimate of drug-likeness (QED) is 0.814. The van der Waals surface area contributed by atoms with Crippen molar-refractivity contribution in [3.63, 3.8) is 0 Å². The Hall–Kier alpha value is -1.06. The first-order valence-electron chi connectivity index (χ1n) is 6.80. The lowest BCUT2D eigenvalue weighted by Crippen LogP contribution is -2.33. The molecule has 1 aliphatic rings. The highest BCUT2D eigenvalue weighted by Crippen LogP contribution is 2.21. The van der Waals surface area contributed by atoms with Gasteiger partial charge in [-0.25, -0.2) is 0 Å². The Morgan fingerprint density at radius 2 is 2.11 bits per heavy atom. The molecule has 2 rings (SSSR count). The zero-order valence-electron chi connectivity index (χ0n) is 11.4. The van der Waals surface area contributed by atoms with Crippen molar-refractivity contribution in [3.05, 3.63) is 29.8 Å². The SMILES string of the molecule is CC(CCN(C)C1CCOC1)c1ccc(N)cc1. The fraction of sp³-hybridized carbons (Fsp3) is 0.600. The molecule has 3 nitrogen and oxygen atoms in total. The fourth-order valence-electron chi connectivity index (χ4n) is 2.44. The number of anilines is 1. The topological polar surface area (TPSA) is 38.5 Å². The number of nitrogen functional groups attached to an aromatic ring is 1. The van der Waals surface area contributed by atoms with Gasteiger partial charge in [0.1, 0.15) is 0 Å². The van der Waals surface area contributed by atoms with E-state index in [1.165, 1.54) is 18.4 Å². The summed E-state index contributed by atoms with van der Waals surface area (Å²) in [5.41, 5.74) is 7.92. The predicted molar refractivity (Wildman–Crippen MR) is 75.7 cm³/mol. The van der Waals surface area contributed by atoms with Crippen LogP contribution in [0.25, 0.3) is 0 Å². The lowest BCUT2D eigenvalue weighted by atomic mass is 9.97. The van der Waals surface area contributed by atoms with Gasteiger partial charge in [-0.2, -0.15) is 0 Å². The van der Waals surface area contributed by atoms with Crippen LogP contribution in [-0.2, 0) is 4.74 Å². The highest BCUT2D eigenvalue weighted by molar-refractivity contribution is 5.40. The summed E-state index contributed by atoms with van der Waals surface area (Å²) in [6, 6.07) is 8.86. The summed E-state index contributed by atoms with van der Waals surface area (Å²) in [6.07, 6.45) is 2.35. The molecule has 0 aliphatic carbocycles. The van der Waals surface area contributed by atoms with E-state index in [2.05, 4.69) is 31.0 Å². The van der Waals surface area contributed by atoms with Crippen molar-refractivity contribution in [2.24, 2.45) is 0 Å². The molecule has 0 amide bonds. The van der Waals surface area contributed by atoms with Gasteiger partial charge in [-0.15, -0.1) is 0 Å². The average Bonchev–Trinajstić information content (AvgIpc) is 2.90. The van der Waals surface area contributed by atoms with E-state index >= 15 is 0 Å². The Labute approximate surface area is 110 Å². The van der Waals surface area contributed by atoms with Crippen LogP contribution in [0.15, 0.2) is 24.3 Å². The molecule has 18 heavy (non-hydrogen) atoms. The summed E-state index contributed by atoms with van der Waals surface area (Å²) >= 11 is 0. The minimum Gasteiger partial charge on any atom is -0.399 e. The third kappa shape index (κ3) is 3.47. The second-order valence-corrected chi connectivity index (χ2v) is 5.35. The molecule has 3 heteroatoms. The number of hydrogen-bond donors (Lipinski definition) is 1. The molecule has 1 fully saturated rings. The first kappa shape index (κ1) is 13.4. The standard InChI is InChI=1S/C15H24N2O/c1-12(13-3-5-14(16)6-4-13)7-9-17(2)15-8-10-18-11-15/h3-6,12,15H,7-11,16H2,1-2H3. The van der Waals surface area contributed by atoms with Crippen LogP contribution in [0.4, 0.5) is 5.69 Å². The van der Waals surface area contributed by atoms with Gasteiger partial charge < -0.3 is 15.4 Å². The molecule has 0 aromatic heterocycles. The van der Waals surface area contributed by atoms with Gasteiger partial charge in [-0.3, -0.25) is 0 Å². The van der Waals surface area contributed by atoms with Crippen molar-refractivity contribution in [1.82, 2.24) is 4.90 Å². The van der Waals surface area contributed by atoms with E-state index in [9.17, 15) is 0 Å². The van der Waals surface area contributed by atoms with Crippen LogP contribution >= 0.6 is 0 Å². The molecule has 1 saturated heterocycles. The van der Waals surface area contributed by atoms with Gasteiger partial charge in [-0.05, 0) is 50.0 Å². The van der Waals surface area contributed by atoms with Crippen LogP contribution < -0.4 is 5.73 Å². The van der Waals surface area contributed by atoms with Crippen molar-refractivity contribution >= 4 is 5.69 Å². The maximum absolute atomic E-state index is 5.71. The van der Waals surface area contributed by atoms with E-state index in [0.29, 0.717) is 12.0 Å². The molecule has 0 radical (unpaired) electrons. The number of nitrogens with two attached hydrogens (primary N) is 1. The second kappa shape index (κ2) is 6.21. The molecule has 0 bridgehead atoms. The third-order valence-corrected chi connectivity index (χ3v) is 3.95. The molecule has 1 aromatic rings. The summed E-state index contributed by atoms with van der Waals surface area (Å²) in [6.45, 7) is 5.22. The Kier molecular flexibility index (Phi) is 4.61. The van der Waals surface area contributed by atoms with Crippen LogP contribution in [0.2, 0.25) is 0 Å². The highest BCUT2D eigenvalue weighted by Gasteiger charge is 2.20. The van der Waals surface area contributed by atoms with E-state index in [1.807, 2.05) is 12.1 Å². The molecule has 1 heterocycles. The van der Waals surface area contributed by atoms with E-state index in [-0.39, 0.29) is 0 Å². The number of rotatable bonds is 5. The number of hydrogen-bond acceptors (Lipinski definition) is 3. The van der Waals surface area contributed by atoms with Crippen molar-refractivity contribution in [2.45, 2.75) is 31.7 Å². The van der Waals surface area contributed by atoms with Crippen molar-refractivity contribution in [2.75, 3.05) is 32.5 Å². The lowest BCUT2D eigenvalue weighted by Gasteiger charge is -2.24. The van der Waals surface area contributed by atoms with E-state index < -0.39 is 0 Å². The Balaban J connectivity index is 1.80. The van der Waals surface area contributed by atoms with Crippen molar-refractivity contribution in [3.8, 4) is 0 Å². The van der Waals surface area contributed by atoms with Crippen LogP contribution in [0, 0.1) is 0 Å². The molecule has 100 valence electrons. The summed E-state index contributed by atoms with van der Waals surface area (Å²) in [5.74, 6) is 0.579. The molecule has 2 atom stereocenters. The minimum atomic E-state index is 0.579. The zero-order chi connectivity index (χ0) is 13.0. The number of likely N-dealkylation sites (N-methyl/N-ethyl adjacent to an activating group) is 1. The Morgan fingerprint density at radius 1 is 1.39 bits per heavy atom. The Morgan fingerprint density at radius 3 is 2.72 bits per heavy atom. The summed E-state index contributed by atoms with van der Waals surface area (Å²) in [5, 5.41) is 0. The van der Waals surface area contributed by atoms with Crippen LogP contribution in [-0.4, -0.2) is 37.7 Å². The lowest BCUT2D eigenvalue weighted by molar-refractivity contribution is 0.157. The third-order valence-electron chi connectivity index (χ3n) is 3.95. The molecule has 2 unspecified atom stereocenters. The fourth-order valence-corrected chi connectivity index (χ4v) is 2.44. The molecular formula is C15H24N2O. The maximum Gasteiger partial charge on any atom is 0.0622 e. The number of nitrogens with zero attached hydrogens (tertiary/aromatic N) is 1. The zero-order valence-corrected chi connectivity index (χ0v) is 11.4. The first-order valence-corrected chi connectivity index (χ1v) is 6.80. The first-order chi connectivity index (χ1) is 8.66.